The zero-order valence-corrected chi connectivity index (χ0v) is 21.0. The lowest BCUT2D eigenvalue weighted by Crippen LogP contribution is -2.52. The molecule has 7 heteroatoms. The Kier molecular flexibility index (Phi) is 8.54. The Hall–Kier alpha value is -3.35. The van der Waals surface area contributed by atoms with Crippen LogP contribution in [0.2, 0.25) is 0 Å². The number of alkyl carbamates (subject to hydrolysis) is 1. The van der Waals surface area contributed by atoms with Crippen LogP contribution in [0.5, 0.6) is 0 Å². The molecule has 2 unspecified atom stereocenters. The predicted molar refractivity (Wildman–Crippen MR) is 135 cm³/mol. The van der Waals surface area contributed by atoms with Gasteiger partial charge >= 0.3 is 12.1 Å². The molecule has 35 heavy (non-hydrogen) atoms. The van der Waals surface area contributed by atoms with Gasteiger partial charge in [-0.15, -0.1) is 0 Å². The van der Waals surface area contributed by atoms with Gasteiger partial charge in [0.1, 0.15) is 12.1 Å². The Morgan fingerprint density at radius 3 is 2.11 bits per heavy atom. The van der Waals surface area contributed by atoms with E-state index < -0.39 is 17.6 Å². The quantitative estimate of drug-likeness (QED) is 0.422. The lowest BCUT2D eigenvalue weighted by molar-refractivity contribution is -0.147. The van der Waals surface area contributed by atoms with E-state index >= 15 is 0 Å². The number of nitrogens with one attached hydrogen (secondary N) is 2. The minimum Gasteiger partial charge on any atom is -0.480 e. The number of carbonyl (C=O) groups excluding carboxylic acids is 2. The third kappa shape index (κ3) is 6.21. The molecule has 7 nitrogen and oxygen atoms in total. The molecule has 0 heterocycles. The first-order valence-corrected chi connectivity index (χ1v) is 12.3. The third-order valence-corrected chi connectivity index (χ3v) is 6.88. The van der Waals surface area contributed by atoms with Crippen LogP contribution in [0.3, 0.4) is 0 Å². The molecule has 2 aromatic carbocycles. The molecule has 0 spiro atoms. The molecule has 2 amide bonds. The number of aliphatic carboxylic acids is 1. The van der Waals surface area contributed by atoms with Gasteiger partial charge in [-0.25, -0.2) is 9.59 Å². The molecule has 0 aromatic heterocycles. The van der Waals surface area contributed by atoms with Gasteiger partial charge in [0.25, 0.3) is 0 Å². The summed E-state index contributed by atoms with van der Waals surface area (Å²) >= 11 is 0. The highest BCUT2D eigenvalue weighted by molar-refractivity contribution is 5.86. The number of rotatable bonds is 11. The summed E-state index contributed by atoms with van der Waals surface area (Å²) in [6.45, 7) is 7.83. The zero-order chi connectivity index (χ0) is 25.6. The number of hydrogen-bond acceptors (Lipinski definition) is 4. The van der Waals surface area contributed by atoms with E-state index in [1.165, 1.54) is 18.1 Å². The summed E-state index contributed by atoms with van der Waals surface area (Å²) in [5, 5.41) is 15.0. The SMILES string of the molecule is CCCC(C)(NC(=O)CC(CNC(=O)OCC1c2ccccc2-c2ccccc21)C(C)C)C(=O)O. The fourth-order valence-electron chi connectivity index (χ4n) is 4.73. The standard InChI is InChI=1S/C28H36N2O5/c1-5-14-28(4,26(32)33)30-25(31)15-19(18(2)3)16-29-27(34)35-17-24-22-12-8-6-10-20(22)21-11-7-9-13-23(21)24/h6-13,18-19,24H,5,14-17H2,1-4H3,(H,29,34)(H,30,31)(H,32,33). The van der Waals surface area contributed by atoms with Crippen molar-refractivity contribution in [2.24, 2.45) is 11.8 Å². The zero-order valence-electron chi connectivity index (χ0n) is 21.0. The highest BCUT2D eigenvalue weighted by Gasteiger charge is 2.34. The summed E-state index contributed by atoms with van der Waals surface area (Å²) in [6.07, 6.45) is 0.575. The molecule has 3 rings (SSSR count). The van der Waals surface area contributed by atoms with Crippen molar-refractivity contribution in [1.29, 1.82) is 0 Å². The summed E-state index contributed by atoms with van der Waals surface area (Å²) in [4.78, 5) is 36.8. The summed E-state index contributed by atoms with van der Waals surface area (Å²) in [6, 6.07) is 16.3. The Labute approximate surface area is 207 Å². The molecule has 0 aliphatic heterocycles. The maximum Gasteiger partial charge on any atom is 0.407 e. The fourth-order valence-corrected chi connectivity index (χ4v) is 4.73. The summed E-state index contributed by atoms with van der Waals surface area (Å²) in [5.74, 6) is -1.46. The minimum atomic E-state index is -1.30. The first-order chi connectivity index (χ1) is 16.7. The molecular formula is C28H36N2O5. The molecule has 0 bridgehead atoms. The second-order valence-electron chi connectivity index (χ2n) is 9.85. The van der Waals surface area contributed by atoms with Gasteiger partial charge in [-0.05, 0) is 47.4 Å². The van der Waals surface area contributed by atoms with Crippen molar-refractivity contribution in [2.75, 3.05) is 13.2 Å². The first kappa shape index (κ1) is 26.3. The number of benzene rings is 2. The van der Waals surface area contributed by atoms with Crippen LogP contribution in [0.4, 0.5) is 4.79 Å². The smallest absolute Gasteiger partial charge is 0.407 e. The number of hydrogen-bond donors (Lipinski definition) is 3. The van der Waals surface area contributed by atoms with Gasteiger partial charge < -0.3 is 20.5 Å². The van der Waals surface area contributed by atoms with Gasteiger partial charge in [-0.2, -0.15) is 0 Å². The first-order valence-electron chi connectivity index (χ1n) is 12.3. The summed E-state index contributed by atoms with van der Waals surface area (Å²) < 4.78 is 5.59. The molecule has 0 fully saturated rings. The number of carboxylic acid groups (broad SMARTS) is 1. The van der Waals surface area contributed by atoms with E-state index in [1.54, 1.807) is 0 Å². The Balaban J connectivity index is 1.55. The monoisotopic (exact) mass is 480 g/mol. The average molecular weight is 481 g/mol. The van der Waals surface area contributed by atoms with E-state index in [-0.39, 0.29) is 43.2 Å². The van der Waals surface area contributed by atoms with Crippen molar-refractivity contribution < 1.29 is 24.2 Å². The van der Waals surface area contributed by atoms with Crippen LogP contribution in [-0.4, -0.2) is 41.8 Å². The molecule has 0 saturated heterocycles. The van der Waals surface area contributed by atoms with Gasteiger partial charge in [0.15, 0.2) is 0 Å². The van der Waals surface area contributed by atoms with Gasteiger partial charge in [0, 0.05) is 18.9 Å². The second-order valence-corrected chi connectivity index (χ2v) is 9.85. The third-order valence-electron chi connectivity index (χ3n) is 6.88. The van der Waals surface area contributed by atoms with E-state index in [0.717, 1.165) is 11.1 Å². The fraction of sp³-hybridized carbons (Fsp3) is 0.464. The van der Waals surface area contributed by atoms with E-state index in [4.69, 9.17) is 4.74 Å². The number of ether oxygens (including phenoxy) is 1. The molecule has 0 radical (unpaired) electrons. The van der Waals surface area contributed by atoms with Crippen LogP contribution in [0.1, 0.15) is 64.0 Å². The Morgan fingerprint density at radius 2 is 1.60 bits per heavy atom. The maximum atomic E-state index is 12.6. The predicted octanol–water partition coefficient (Wildman–Crippen LogP) is 4.95. The van der Waals surface area contributed by atoms with Gasteiger partial charge in [-0.1, -0.05) is 75.7 Å². The van der Waals surface area contributed by atoms with Crippen LogP contribution in [-0.2, 0) is 14.3 Å². The molecule has 3 N–H and O–H groups in total. The van der Waals surface area contributed by atoms with Gasteiger partial charge in [0.2, 0.25) is 5.91 Å². The van der Waals surface area contributed by atoms with Crippen LogP contribution < -0.4 is 10.6 Å². The van der Waals surface area contributed by atoms with Crippen LogP contribution in [0.15, 0.2) is 48.5 Å². The van der Waals surface area contributed by atoms with Crippen molar-refractivity contribution in [3.05, 3.63) is 59.7 Å². The molecule has 0 saturated carbocycles. The van der Waals surface area contributed by atoms with Crippen LogP contribution in [0, 0.1) is 11.8 Å². The van der Waals surface area contributed by atoms with Crippen molar-refractivity contribution in [3.63, 3.8) is 0 Å². The normalized spacial score (nSPS) is 15.0. The molecule has 1 aliphatic carbocycles. The van der Waals surface area contributed by atoms with E-state index in [0.29, 0.717) is 12.8 Å². The van der Waals surface area contributed by atoms with Crippen LogP contribution in [0.25, 0.3) is 11.1 Å². The highest BCUT2D eigenvalue weighted by Crippen LogP contribution is 2.44. The Bertz CT molecular complexity index is 1020. The molecular weight excluding hydrogens is 444 g/mol. The van der Waals surface area contributed by atoms with Gasteiger partial charge in [-0.3, -0.25) is 4.79 Å². The molecule has 188 valence electrons. The average Bonchev–Trinajstić information content (AvgIpc) is 3.14. The van der Waals surface area contributed by atoms with E-state index in [2.05, 4.69) is 34.9 Å². The van der Waals surface area contributed by atoms with Crippen molar-refractivity contribution in [1.82, 2.24) is 10.6 Å². The number of fused-ring (bicyclic) bond motifs is 3. The lowest BCUT2D eigenvalue weighted by Gasteiger charge is -2.28. The largest absolute Gasteiger partial charge is 0.480 e. The van der Waals surface area contributed by atoms with Gasteiger partial charge in [0.05, 0.1) is 0 Å². The Morgan fingerprint density at radius 1 is 1.03 bits per heavy atom. The second kappa shape index (κ2) is 11.4. The minimum absolute atomic E-state index is 0.0212. The molecule has 1 aliphatic rings. The number of carboxylic acids is 1. The maximum absolute atomic E-state index is 12.6. The van der Waals surface area contributed by atoms with Crippen molar-refractivity contribution >= 4 is 18.0 Å². The summed E-state index contributed by atoms with van der Waals surface area (Å²) in [7, 11) is 0. The van der Waals surface area contributed by atoms with Crippen molar-refractivity contribution in [3.8, 4) is 11.1 Å². The van der Waals surface area contributed by atoms with Crippen molar-refractivity contribution in [2.45, 2.75) is 58.4 Å². The van der Waals surface area contributed by atoms with E-state index in [9.17, 15) is 19.5 Å². The highest BCUT2D eigenvalue weighted by atomic mass is 16.5. The molecule has 2 aromatic rings. The lowest BCUT2D eigenvalue weighted by atomic mass is 9.90. The summed E-state index contributed by atoms with van der Waals surface area (Å²) in [5.41, 5.74) is 3.32. The van der Waals surface area contributed by atoms with Crippen LogP contribution >= 0.6 is 0 Å². The number of carbonyl (C=O) groups is 3. The topological polar surface area (TPSA) is 105 Å². The van der Waals surface area contributed by atoms with E-state index in [1.807, 2.05) is 45.0 Å². The molecule has 2 atom stereocenters. The number of amides is 2.